The van der Waals surface area contributed by atoms with Gasteiger partial charge in [0.1, 0.15) is 22.3 Å². The summed E-state index contributed by atoms with van der Waals surface area (Å²) in [7, 11) is 0. The fourth-order valence-electron chi connectivity index (χ4n) is 21.1. The van der Waals surface area contributed by atoms with E-state index in [0.717, 1.165) is 88.5 Å². The largest absolute Gasteiger partial charge is 0.456 e. The maximum atomic E-state index is 7.10. The molecule has 4 nitrogen and oxygen atoms in total. The van der Waals surface area contributed by atoms with Crippen LogP contribution < -0.4 is 0 Å². The van der Waals surface area contributed by atoms with Crippen LogP contribution in [0.2, 0.25) is 0 Å². The number of rotatable bonds is 5. The second kappa shape index (κ2) is 21.3. The van der Waals surface area contributed by atoms with Crippen LogP contribution in [0.5, 0.6) is 0 Å². The van der Waals surface area contributed by atoms with E-state index in [4.69, 9.17) is 8.83 Å². The van der Waals surface area contributed by atoms with Crippen molar-refractivity contribution in [3.05, 3.63) is 408 Å². The van der Waals surface area contributed by atoms with Crippen molar-refractivity contribution < 1.29 is 8.83 Å². The summed E-state index contributed by atoms with van der Waals surface area (Å²) in [4.78, 5) is 0. The monoisotopic (exact) mass is 1390 g/mol. The molecule has 0 N–H and O–H groups in total. The number of hydrogen-bond donors (Lipinski definition) is 0. The lowest BCUT2D eigenvalue weighted by Crippen LogP contribution is -2.25. The van der Waals surface area contributed by atoms with E-state index >= 15 is 0 Å². The van der Waals surface area contributed by atoms with Crippen LogP contribution in [0.3, 0.4) is 0 Å². The third kappa shape index (κ3) is 7.54. The molecule has 4 aromatic heterocycles. The highest BCUT2D eigenvalue weighted by Gasteiger charge is 2.54. The molecule has 110 heavy (non-hydrogen) atoms. The van der Waals surface area contributed by atoms with Crippen LogP contribution in [-0.2, 0) is 10.8 Å². The first-order valence-corrected chi connectivity index (χ1v) is 38.2. The summed E-state index contributed by atoms with van der Waals surface area (Å²) < 4.78 is 19.1. The third-order valence-electron chi connectivity index (χ3n) is 25.7. The van der Waals surface area contributed by atoms with Gasteiger partial charge in [0.2, 0.25) is 0 Å². The molecule has 0 saturated carbocycles. The highest BCUT2D eigenvalue weighted by molar-refractivity contribution is 6.19. The van der Waals surface area contributed by atoms with E-state index in [0.29, 0.717) is 0 Å². The Kier molecular flexibility index (Phi) is 11.4. The number of furan rings is 2. The number of aromatic nitrogens is 2. The van der Waals surface area contributed by atoms with Gasteiger partial charge in [0.15, 0.2) is 0 Å². The van der Waals surface area contributed by atoms with Crippen molar-refractivity contribution in [3.8, 4) is 89.3 Å². The Morgan fingerprint density at radius 3 is 1.20 bits per heavy atom. The lowest BCUT2D eigenvalue weighted by Gasteiger charge is -2.30. The maximum Gasteiger partial charge on any atom is 0.136 e. The number of benzene rings is 18. The summed E-state index contributed by atoms with van der Waals surface area (Å²) in [5.74, 6) is 0. The van der Waals surface area contributed by atoms with E-state index in [9.17, 15) is 0 Å². The lowest BCUT2D eigenvalue weighted by atomic mass is 9.70. The van der Waals surface area contributed by atoms with Crippen LogP contribution in [0.15, 0.2) is 373 Å². The average molecular weight is 1390 g/mol. The number of hydrogen-bond acceptors (Lipinski definition) is 2. The van der Waals surface area contributed by atoms with E-state index < -0.39 is 10.8 Å². The molecule has 18 aromatic carbocycles. The highest BCUT2D eigenvalue weighted by Crippen LogP contribution is 2.66. The molecule has 0 amide bonds. The minimum Gasteiger partial charge on any atom is -0.456 e. The first-order valence-electron chi connectivity index (χ1n) is 38.2. The van der Waals surface area contributed by atoms with Gasteiger partial charge in [-0.05, 0) is 253 Å². The Balaban J connectivity index is 0.605. The summed E-state index contributed by atoms with van der Waals surface area (Å²) in [5.41, 5.74) is 36.9. The molecule has 506 valence electrons. The molecule has 0 fully saturated rings. The molecule has 0 aliphatic heterocycles. The fourth-order valence-corrected chi connectivity index (χ4v) is 21.1. The number of fused-ring (bicyclic) bond motifs is 34. The molecule has 22 aromatic rings. The van der Waals surface area contributed by atoms with Gasteiger partial charge in [-0.2, -0.15) is 0 Å². The van der Waals surface area contributed by atoms with E-state index in [1.54, 1.807) is 0 Å². The minimum absolute atomic E-state index is 0.464. The molecule has 1 atom stereocenters. The van der Waals surface area contributed by atoms with E-state index in [2.05, 4.69) is 373 Å². The zero-order valence-corrected chi connectivity index (χ0v) is 59.4. The smallest absolute Gasteiger partial charge is 0.136 e. The van der Waals surface area contributed by atoms with E-state index in [-0.39, 0.29) is 0 Å². The SMILES string of the molecule is c1ccc2c(c1)-c1cc(-c3ccc4c5cc(-c6cccc7oc8cc9c(cc8c67)-c6ccccc6C96c7ccccc7-c7ccccc76)ccc5n(-c5ccc6ccccc6c5)c4c3)ccc1C21c2ccccc2-c2cc3c(cc21)oc1ccc(-c2ccc4c(c2)c2ccccc2n4-c2ccc4ccccc4c2)cc13. The van der Waals surface area contributed by atoms with Gasteiger partial charge in [0, 0.05) is 54.5 Å². The normalized spacial score (nSPS) is 14.7. The maximum absolute atomic E-state index is 7.10. The van der Waals surface area contributed by atoms with Gasteiger partial charge < -0.3 is 18.0 Å². The molecule has 4 aliphatic rings. The second-order valence-electron chi connectivity index (χ2n) is 30.8. The zero-order valence-electron chi connectivity index (χ0n) is 59.4. The molecule has 4 aliphatic carbocycles. The molecule has 2 spiro atoms. The van der Waals surface area contributed by atoms with Crippen LogP contribution in [0.25, 0.3) is 198 Å². The van der Waals surface area contributed by atoms with Gasteiger partial charge in [-0.1, -0.05) is 255 Å². The van der Waals surface area contributed by atoms with E-state index in [1.165, 1.54) is 154 Å². The molecular weight excluding hydrogens is 1330 g/mol. The van der Waals surface area contributed by atoms with Crippen molar-refractivity contribution in [1.82, 2.24) is 9.13 Å². The molecule has 1 unspecified atom stereocenters. The van der Waals surface area contributed by atoms with Gasteiger partial charge in [-0.3, -0.25) is 0 Å². The number of nitrogens with zero attached hydrogens (tertiary/aromatic N) is 2. The Morgan fingerprint density at radius 1 is 0.182 bits per heavy atom. The first-order chi connectivity index (χ1) is 54.5. The topological polar surface area (TPSA) is 36.1 Å². The Labute approximate surface area is 631 Å². The quantitative estimate of drug-likeness (QED) is 0.172. The van der Waals surface area contributed by atoms with Gasteiger partial charge in [0.25, 0.3) is 0 Å². The van der Waals surface area contributed by atoms with Crippen molar-refractivity contribution in [2.75, 3.05) is 0 Å². The molecule has 0 bridgehead atoms. The molecule has 0 radical (unpaired) electrons. The van der Waals surface area contributed by atoms with Gasteiger partial charge in [0.05, 0.1) is 32.9 Å². The van der Waals surface area contributed by atoms with Crippen LogP contribution in [0.1, 0.15) is 44.5 Å². The standard InChI is InChI=1S/C106H60N2O2/c1-3-20-63-50-70(43-36-61(63)18-1)107-96-34-16-10-27-78(96)83-53-66(40-47-97(83)107)67-42-49-100-85(54-67)86-57-81-76-25-8-15-33-92(76)106(94(81)59-102(86)109-100)90-31-13-7-24-75(90)80-52-65(39-46-93(80)106)68-38-45-79-84-55-69(41-48-98(84)108(99(79)56-68)71-44-37-62-19-2-4-21-64(62)51-71)72-28-17-35-101-104(72)87-58-82-77-26-9-14-32-91(77)105(95(82)60-103(87)110-101)88-29-11-5-22-73(88)74-23-6-12-30-89(74)105/h1-60H. The second-order valence-corrected chi connectivity index (χ2v) is 30.8. The summed E-state index contributed by atoms with van der Waals surface area (Å²) in [5, 5.41) is 14.2. The van der Waals surface area contributed by atoms with Crippen molar-refractivity contribution in [3.63, 3.8) is 0 Å². The van der Waals surface area contributed by atoms with Gasteiger partial charge >= 0.3 is 0 Å². The van der Waals surface area contributed by atoms with Crippen LogP contribution in [-0.4, -0.2) is 9.13 Å². The molecule has 0 saturated heterocycles. The fraction of sp³-hybridized carbons (Fsp3) is 0.0189. The summed E-state index contributed by atoms with van der Waals surface area (Å²) in [6, 6.07) is 137. The highest BCUT2D eigenvalue weighted by atomic mass is 16.3. The van der Waals surface area contributed by atoms with Crippen LogP contribution in [0, 0.1) is 0 Å². The molecule has 4 heterocycles. The van der Waals surface area contributed by atoms with Gasteiger partial charge in [-0.15, -0.1) is 0 Å². The Morgan fingerprint density at radius 2 is 0.582 bits per heavy atom. The minimum atomic E-state index is -0.586. The van der Waals surface area contributed by atoms with Crippen LogP contribution in [0.4, 0.5) is 0 Å². The Hall–Kier alpha value is -14.3. The van der Waals surface area contributed by atoms with E-state index in [1.807, 2.05) is 0 Å². The Bertz CT molecular complexity index is 7900. The summed E-state index contributed by atoms with van der Waals surface area (Å²) in [6.07, 6.45) is 0. The molecule has 4 heteroatoms. The van der Waals surface area contributed by atoms with Crippen molar-refractivity contribution >= 4 is 109 Å². The summed E-state index contributed by atoms with van der Waals surface area (Å²) >= 11 is 0. The lowest BCUT2D eigenvalue weighted by molar-refractivity contribution is 0.666. The predicted molar refractivity (Wildman–Crippen MR) is 454 cm³/mol. The van der Waals surface area contributed by atoms with Crippen LogP contribution >= 0.6 is 0 Å². The van der Waals surface area contributed by atoms with Crippen molar-refractivity contribution in [2.24, 2.45) is 0 Å². The molecular formula is C106H60N2O2. The number of para-hydroxylation sites is 1. The molecule has 26 rings (SSSR count). The summed E-state index contributed by atoms with van der Waals surface area (Å²) in [6.45, 7) is 0. The van der Waals surface area contributed by atoms with Gasteiger partial charge in [-0.25, -0.2) is 0 Å². The zero-order chi connectivity index (χ0) is 71.4. The van der Waals surface area contributed by atoms with Crippen molar-refractivity contribution in [2.45, 2.75) is 10.8 Å². The third-order valence-corrected chi connectivity index (χ3v) is 25.7. The first kappa shape index (κ1) is 58.9. The average Bonchev–Trinajstić information content (AvgIpc) is 1.51. The van der Waals surface area contributed by atoms with Crippen molar-refractivity contribution in [1.29, 1.82) is 0 Å². The predicted octanol–water partition coefficient (Wildman–Crippen LogP) is 27.7.